The summed E-state index contributed by atoms with van der Waals surface area (Å²) in [7, 11) is -3.52. The van der Waals surface area contributed by atoms with Gasteiger partial charge < -0.3 is 0 Å². The monoisotopic (exact) mass is 230 g/mol. The highest BCUT2D eigenvalue weighted by atomic mass is 32.2. The molecule has 0 aliphatic heterocycles. The zero-order valence-electron chi connectivity index (χ0n) is 8.43. The molecule has 0 aliphatic rings. The second kappa shape index (κ2) is 5.82. The first-order valence-electron chi connectivity index (χ1n) is 4.56. The quantitative estimate of drug-likeness (QED) is 0.702. The highest BCUT2D eigenvalue weighted by Gasteiger charge is 2.06. The summed E-state index contributed by atoms with van der Waals surface area (Å²) in [5, 5.41) is 0. The average Bonchev–Trinajstić information content (AvgIpc) is 2.19. The van der Waals surface area contributed by atoms with Crippen molar-refractivity contribution < 1.29 is 13.3 Å². The second-order valence-electron chi connectivity index (χ2n) is 2.86. The van der Waals surface area contributed by atoms with Crippen LogP contribution in [0.15, 0.2) is 30.3 Å². The summed E-state index contributed by atoms with van der Waals surface area (Å²) in [5.41, 5.74) is 0.900. The van der Waals surface area contributed by atoms with Gasteiger partial charge in [-0.05, 0) is 5.56 Å². The fourth-order valence-corrected chi connectivity index (χ4v) is 1.64. The number of hydrogen-bond donors (Lipinski definition) is 2. The van der Waals surface area contributed by atoms with Gasteiger partial charge in [-0.25, -0.2) is 4.72 Å². The third-order valence-electron chi connectivity index (χ3n) is 1.58. The maximum atomic E-state index is 11.1. The topological polar surface area (TPSA) is 67.4 Å². The van der Waals surface area contributed by atoms with Crippen molar-refractivity contribution in [2.75, 3.05) is 6.54 Å². The van der Waals surface area contributed by atoms with Crippen molar-refractivity contribution in [2.45, 2.75) is 13.5 Å². The van der Waals surface area contributed by atoms with Gasteiger partial charge in [-0.15, -0.1) is 0 Å². The van der Waals surface area contributed by atoms with Gasteiger partial charge in [0.25, 0.3) is 10.2 Å². The first kappa shape index (κ1) is 12.1. The summed E-state index contributed by atoms with van der Waals surface area (Å²) in [6, 6.07) is 9.30. The lowest BCUT2D eigenvalue weighted by Crippen LogP contribution is -2.36. The lowest BCUT2D eigenvalue weighted by Gasteiger charge is -2.06. The second-order valence-corrected chi connectivity index (χ2v) is 4.32. The molecule has 1 aromatic carbocycles. The van der Waals surface area contributed by atoms with Crippen molar-refractivity contribution in [3.8, 4) is 0 Å². The number of hydrogen-bond acceptors (Lipinski definition) is 3. The summed E-state index contributed by atoms with van der Waals surface area (Å²) in [4.78, 5) is 6.81. The summed E-state index contributed by atoms with van der Waals surface area (Å²) in [6.07, 6.45) is 0. The molecule has 0 fully saturated rings. The molecule has 0 aromatic heterocycles. The van der Waals surface area contributed by atoms with Crippen LogP contribution in [0.5, 0.6) is 0 Å². The van der Waals surface area contributed by atoms with Crippen molar-refractivity contribution in [2.24, 2.45) is 0 Å². The predicted molar refractivity (Wildman–Crippen MR) is 57.0 cm³/mol. The molecule has 0 saturated carbocycles. The summed E-state index contributed by atoms with van der Waals surface area (Å²) >= 11 is 0. The van der Waals surface area contributed by atoms with Gasteiger partial charge in [0, 0.05) is 6.54 Å². The fourth-order valence-electron chi connectivity index (χ4n) is 0.984. The van der Waals surface area contributed by atoms with Crippen LogP contribution in [-0.4, -0.2) is 15.0 Å². The molecule has 0 bridgehead atoms. The van der Waals surface area contributed by atoms with Gasteiger partial charge in [0.2, 0.25) is 0 Å². The minimum atomic E-state index is -3.52. The van der Waals surface area contributed by atoms with Crippen molar-refractivity contribution in [3.63, 3.8) is 0 Å². The molecular weight excluding hydrogens is 216 g/mol. The van der Waals surface area contributed by atoms with Crippen LogP contribution in [0.3, 0.4) is 0 Å². The maximum Gasteiger partial charge on any atom is 0.299 e. The van der Waals surface area contributed by atoms with Crippen LogP contribution >= 0.6 is 0 Å². The molecule has 1 rings (SSSR count). The van der Waals surface area contributed by atoms with Gasteiger partial charge in [0.1, 0.15) is 0 Å². The minimum Gasteiger partial charge on any atom is -0.281 e. The average molecular weight is 230 g/mol. The van der Waals surface area contributed by atoms with E-state index in [1.54, 1.807) is 6.92 Å². The summed E-state index contributed by atoms with van der Waals surface area (Å²) < 4.78 is 24.4. The largest absolute Gasteiger partial charge is 0.299 e. The van der Waals surface area contributed by atoms with E-state index in [0.29, 0.717) is 6.54 Å². The first-order chi connectivity index (χ1) is 7.14. The van der Waals surface area contributed by atoms with Gasteiger partial charge in [-0.1, -0.05) is 42.1 Å². The Hall–Kier alpha value is -0.950. The fraction of sp³-hybridized carbons (Fsp3) is 0.333. The predicted octanol–water partition coefficient (Wildman–Crippen LogP) is 0.562. The van der Waals surface area contributed by atoms with Crippen molar-refractivity contribution in [1.29, 1.82) is 0 Å². The van der Waals surface area contributed by atoms with Crippen LogP contribution in [0, 0.1) is 0 Å². The Bertz CT molecular complexity index is 378. The molecule has 1 aromatic rings. The number of rotatable bonds is 6. The van der Waals surface area contributed by atoms with E-state index in [-0.39, 0.29) is 6.61 Å². The molecule has 0 unspecified atom stereocenters. The van der Waals surface area contributed by atoms with E-state index >= 15 is 0 Å². The van der Waals surface area contributed by atoms with Crippen LogP contribution < -0.4 is 9.61 Å². The Morgan fingerprint density at radius 1 is 1.27 bits per heavy atom. The Labute approximate surface area is 89.6 Å². The molecule has 15 heavy (non-hydrogen) atoms. The van der Waals surface area contributed by atoms with Crippen LogP contribution in [0.25, 0.3) is 0 Å². The van der Waals surface area contributed by atoms with Crippen LogP contribution in [-0.2, 0) is 21.7 Å². The third-order valence-corrected chi connectivity index (χ3v) is 2.59. The van der Waals surface area contributed by atoms with Gasteiger partial charge >= 0.3 is 0 Å². The Morgan fingerprint density at radius 3 is 2.53 bits per heavy atom. The van der Waals surface area contributed by atoms with Gasteiger partial charge in [-0.2, -0.15) is 8.42 Å². The Morgan fingerprint density at radius 2 is 1.93 bits per heavy atom. The van der Waals surface area contributed by atoms with E-state index < -0.39 is 10.2 Å². The van der Waals surface area contributed by atoms with Crippen LogP contribution in [0.1, 0.15) is 12.5 Å². The van der Waals surface area contributed by atoms with E-state index in [9.17, 15) is 8.42 Å². The van der Waals surface area contributed by atoms with Crippen molar-refractivity contribution >= 4 is 10.2 Å². The zero-order valence-corrected chi connectivity index (χ0v) is 9.25. The molecule has 0 amide bonds. The van der Waals surface area contributed by atoms with Gasteiger partial charge in [0.05, 0.1) is 6.61 Å². The van der Waals surface area contributed by atoms with Gasteiger partial charge in [-0.3, -0.25) is 4.84 Å². The Kier molecular flexibility index (Phi) is 4.70. The summed E-state index contributed by atoms with van der Waals surface area (Å²) in [6.45, 7) is 2.21. The molecular formula is C9H14N2O3S. The zero-order chi connectivity index (χ0) is 11.1. The lowest BCUT2D eigenvalue weighted by molar-refractivity contribution is 0.0786. The first-order valence-corrected chi connectivity index (χ1v) is 6.04. The highest BCUT2D eigenvalue weighted by molar-refractivity contribution is 7.87. The molecule has 2 N–H and O–H groups in total. The van der Waals surface area contributed by atoms with Crippen molar-refractivity contribution in [3.05, 3.63) is 35.9 Å². The smallest absolute Gasteiger partial charge is 0.281 e. The molecule has 0 atom stereocenters. The van der Waals surface area contributed by atoms with E-state index in [1.165, 1.54) is 0 Å². The number of nitrogens with one attached hydrogen (secondary N) is 2. The summed E-state index contributed by atoms with van der Waals surface area (Å²) in [5.74, 6) is 0. The third kappa shape index (κ3) is 4.89. The molecule has 0 heterocycles. The highest BCUT2D eigenvalue weighted by Crippen LogP contribution is 1.99. The maximum absolute atomic E-state index is 11.1. The minimum absolute atomic E-state index is 0.200. The standard InChI is InChI=1S/C9H14N2O3S/c1-2-10-15(12,13)11-14-8-9-6-4-3-5-7-9/h3-7,10-11H,2,8H2,1H3. The van der Waals surface area contributed by atoms with Crippen LogP contribution in [0.4, 0.5) is 0 Å². The normalized spacial score (nSPS) is 11.5. The molecule has 5 nitrogen and oxygen atoms in total. The molecule has 84 valence electrons. The van der Waals surface area contributed by atoms with Crippen LogP contribution in [0.2, 0.25) is 0 Å². The molecule has 0 saturated heterocycles. The Balaban J connectivity index is 2.34. The molecule has 0 spiro atoms. The van der Waals surface area contributed by atoms with Gasteiger partial charge in [0.15, 0.2) is 0 Å². The SMILES string of the molecule is CCNS(=O)(=O)NOCc1ccccc1. The number of benzene rings is 1. The van der Waals surface area contributed by atoms with E-state index in [0.717, 1.165) is 5.56 Å². The lowest BCUT2D eigenvalue weighted by atomic mass is 10.2. The van der Waals surface area contributed by atoms with E-state index in [4.69, 9.17) is 4.84 Å². The van der Waals surface area contributed by atoms with Crippen molar-refractivity contribution in [1.82, 2.24) is 9.61 Å². The molecule has 0 radical (unpaired) electrons. The molecule has 6 heteroatoms. The van der Waals surface area contributed by atoms with E-state index in [2.05, 4.69) is 4.72 Å². The molecule has 0 aliphatic carbocycles. The van der Waals surface area contributed by atoms with E-state index in [1.807, 2.05) is 35.2 Å².